The third-order valence-corrected chi connectivity index (χ3v) is 8.52. The summed E-state index contributed by atoms with van der Waals surface area (Å²) < 4.78 is 8.49. The summed E-state index contributed by atoms with van der Waals surface area (Å²) in [6, 6.07) is 35.9. The third kappa shape index (κ3) is 4.72. The maximum atomic E-state index is 10.3. The average Bonchev–Trinajstić information content (AvgIpc) is 3.41. The molecule has 208 valence electrons. The standard InChI is InChI=1S/C36H33N5O/c1-26-30(24-27-10-3-2-4-11-27)36(41-33-16-8-7-15-32(33)38-35(41)31(26)25-37)40-20-18-39(19-21-40)22-23-42-34-17-9-13-28-12-5-6-14-29(28)34/h2-17H,18-24H2,1H3. The average molecular weight is 552 g/mol. The zero-order valence-corrected chi connectivity index (χ0v) is 23.8. The lowest BCUT2D eigenvalue weighted by molar-refractivity contribution is 0.201. The van der Waals surface area contributed by atoms with Gasteiger partial charge in [-0.15, -0.1) is 0 Å². The highest BCUT2D eigenvalue weighted by molar-refractivity contribution is 5.88. The molecule has 7 rings (SSSR count). The fourth-order valence-corrected chi connectivity index (χ4v) is 6.30. The molecule has 6 aromatic rings. The Kier molecular flexibility index (Phi) is 6.95. The molecule has 1 aliphatic rings. The molecule has 0 N–H and O–H groups in total. The fraction of sp³-hybridized carbons (Fsp3) is 0.222. The number of rotatable bonds is 7. The van der Waals surface area contributed by atoms with Gasteiger partial charge in [-0.05, 0) is 41.6 Å². The molecule has 0 bridgehead atoms. The van der Waals surface area contributed by atoms with Gasteiger partial charge in [-0.2, -0.15) is 5.26 Å². The predicted octanol–water partition coefficient (Wildman–Crippen LogP) is 6.61. The lowest BCUT2D eigenvalue weighted by Gasteiger charge is -2.37. The highest BCUT2D eigenvalue weighted by atomic mass is 16.5. The SMILES string of the molecule is Cc1c(Cc2ccccc2)c(N2CCN(CCOc3cccc4ccccc34)CC2)n2c(nc3ccccc32)c1C#N. The maximum absolute atomic E-state index is 10.3. The number of anilines is 1. The Morgan fingerprint density at radius 2 is 1.57 bits per heavy atom. The van der Waals surface area contributed by atoms with Crippen LogP contribution in [0.25, 0.3) is 27.5 Å². The number of aromatic nitrogens is 2. The molecule has 0 unspecified atom stereocenters. The van der Waals surface area contributed by atoms with Gasteiger partial charge in [0.25, 0.3) is 0 Å². The van der Waals surface area contributed by atoms with Crippen LogP contribution in [0.15, 0.2) is 97.1 Å². The molecular weight excluding hydrogens is 518 g/mol. The molecule has 6 nitrogen and oxygen atoms in total. The molecule has 1 saturated heterocycles. The number of para-hydroxylation sites is 2. The molecule has 3 heterocycles. The quantitative estimate of drug-likeness (QED) is 0.223. The summed E-state index contributed by atoms with van der Waals surface area (Å²) in [5.41, 5.74) is 6.80. The van der Waals surface area contributed by atoms with E-state index < -0.39 is 0 Å². The van der Waals surface area contributed by atoms with Crippen LogP contribution in [-0.4, -0.2) is 53.6 Å². The Balaban J connectivity index is 1.17. The normalized spacial score (nSPS) is 14.0. The molecule has 0 spiro atoms. The number of hydrogen-bond acceptors (Lipinski definition) is 5. The monoisotopic (exact) mass is 551 g/mol. The number of nitrogens with zero attached hydrogens (tertiary/aromatic N) is 5. The second kappa shape index (κ2) is 11.2. The summed E-state index contributed by atoms with van der Waals surface area (Å²) in [5, 5.41) is 12.6. The van der Waals surface area contributed by atoms with Crippen LogP contribution in [0.5, 0.6) is 5.75 Å². The summed E-state index contributed by atoms with van der Waals surface area (Å²) in [6.45, 7) is 7.28. The summed E-state index contributed by atoms with van der Waals surface area (Å²) in [4.78, 5) is 9.92. The first kappa shape index (κ1) is 26.1. The Hall–Kier alpha value is -4.86. The van der Waals surface area contributed by atoms with E-state index in [0.29, 0.717) is 12.2 Å². The number of ether oxygens (including phenoxy) is 1. The summed E-state index contributed by atoms with van der Waals surface area (Å²) in [7, 11) is 0. The van der Waals surface area contributed by atoms with Gasteiger partial charge in [0.05, 0.1) is 16.6 Å². The van der Waals surface area contributed by atoms with Gasteiger partial charge in [-0.25, -0.2) is 4.98 Å². The van der Waals surface area contributed by atoms with E-state index in [0.717, 1.165) is 78.3 Å². The van der Waals surface area contributed by atoms with Crippen LogP contribution in [-0.2, 0) is 6.42 Å². The molecule has 0 saturated carbocycles. The van der Waals surface area contributed by atoms with Gasteiger partial charge in [0.1, 0.15) is 24.2 Å². The predicted molar refractivity (Wildman–Crippen MR) is 169 cm³/mol. The minimum atomic E-state index is 0.652. The molecule has 2 aromatic heterocycles. The van der Waals surface area contributed by atoms with Crippen molar-refractivity contribution in [3.63, 3.8) is 0 Å². The number of hydrogen-bond donors (Lipinski definition) is 0. The summed E-state index contributed by atoms with van der Waals surface area (Å²) in [5.74, 6) is 2.10. The van der Waals surface area contributed by atoms with E-state index in [1.807, 2.05) is 18.2 Å². The van der Waals surface area contributed by atoms with Crippen molar-refractivity contribution in [3.05, 3.63) is 119 Å². The van der Waals surface area contributed by atoms with Crippen molar-refractivity contribution in [3.8, 4) is 11.8 Å². The minimum Gasteiger partial charge on any atom is -0.492 e. The number of fused-ring (bicyclic) bond motifs is 4. The number of nitriles is 1. The second-order valence-electron chi connectivity index (χ2n) is 11.0. The molecule has 6 heteroatoms. The highest BCUT2D eigenvalue weighted by Gasteiger charge is 2.27. The van der Waals surface area contributed by atoms with Crippen LogP contribution >= 0.6 is 0 Å². The minimum absolute atomic E-state index is 0.652. The van der Waals surface area contributed by atoms with E-state index in [9.17, 15) is 5.26 Å². The molecule has 1 aliphatic heterocycles. The molecule has 0 radical (unpaired) electrons. The van der Waals surface area contributed by atoms with Gasteiger partial charge >= 0.3 is 0 Å². The first-order valence-electron chi connectivity index (χ1n) is 14.7. The Morgan fingerprint density at radius 1 is 0.833 bits per heavy atom. The Labute approximate surface area is 246 Å². The van der Waals surface area contributed by atoms with Gasteiger partial charge in [-0.1, -0.05) is 78.9 Å². The second-order valence-corrected chi connectivity index (χ2v) is 11.0. The van der Waals surface area contributed by atoms with Crippen LogP contribution in [0, 0.1) is 18.3 Å². The Morgan fingerprint density at radius 3 is 2.40 bits per heavy atom. The van der Waals surface area contributed by atoms with Crippen molar-refractivity contribution in [2.75, 3.05) is 44.2 Å². The van der Waals surface area contributed by atoms with Crippen molar-refractivity contribution in [1.82, 2.24) is 14.3 Å². The Bertz CT molecular complexity index is 1930. The molecule has 4 aromatic carbocycles. The molecular formula is C36H33N5O. The molecule has 0 aliphatic carbocycles. The van der Waals surface area contributed by atoms with E-state index in [1.165, 1.54) is 16.5 Å². The maximum Gasteiger partial charge on any atom is 0.157 e. The number of benzene rings is 4. The van der Waals surface area contributed by atoms with Gasteiger partial charge in [0.2, 0.25) is 0 Å². The van der Waals surface area contributed by atoms with E-state index in [4.69, 9.17) is 9.72 Å². The number of pyridine rings is 1. The third-order valence-electron chi connectivity index (χ3n) is 8.52. The van der Waals surface area contributed by atoms with Crippen molar-refractivity contribution in [1.29, 1.82) is 5.26 Å². The number of piperazine rings is 1. The van der Waals surface area contributed by atoms with Crippen LogP contribution < -0.4 is 9.64 Å². The smallest absolute Gasteiger partial charge is 0.157 e. The highest BCUT2D eigenvalue weighted by Crippen LogP contribution is 2.35. The fourth-order valence-electron chi connectivity index (χ4n) is 6.30. The largest absolute Gasteiger partial charge is 0.492 e. The van der Waals surface area contributed by atoms with Crippen molar-refractivity contribution < 1.29 is 4.74 Å². The topological polar surface area (TPSA) is 56.8 Å². The van der Waals surface area contributed by atoms with Gasteiger partial charge in [0, 0.05) is 50.1 Å². The van der Waals surface area contributed by atoms with Crippen LogP contribution in [0.4, 0.5) is 5.82 Å². The first-order chi connectivity index (χ1) is 20.7. The zero-order chi connectivity index (χ0) is 28.5. The van der Waals surface area contributed by atoms with Gasteiger partial charge < -0.3 is 9.64 Å². The number of imidazole rings is 1. The van der Waals surface area contributed by atoms with E-state index >= 15 is 0 Å². The van der Waals surface area contributed by atoms with Crippen LogP contribution in [0.2, 0.25) is 0 Å². The lowest BCUT2D eigenvalue weighted by Crippen LogP contribution is -2.48. The van der Waals surface area contributed by atoms with Crippen molar-refractivity contribution in [2.24, 2.45) is 0 Å². The molecule has 42 heavy (non-hydrogen) atoms. The molecule has 0 amide bonds. The van der Waals surface area contributed by atoms with Crippen molar-refractivity contribution in [2.45, 2.75) is 13.3 Å². The molecule has 0 atom stereocenters. The van der Waals surface area contributed by atoms with E-state index in [-0.39, 0.29) is 0 Å². The summed E-state index contributed by atoms with van der Waals surface area (Å²) >= 11 is 0. The van der Waals surface area contributed by atoms with Crippen LogP contribution in [0.1, 0.15) is 22.3 Å². The zero-order valence-electron chi connectivity index (χ0n) is 23.8. The van der Waals surface area contributed by atoms with Crippen LogP contribution in [0.3, 0.4) is 0 Å². The van der Waals surface area contributed by atoms with Crippen molar-refractivity contribution >= 4 is 33.3 Å². The van der Waals surface area contributed by atoms with Gasteiger partial charge in [0.15, 0.2) is 5.65 Å². The summed E-state index contributed by atoms with van der Waals surface area (Å²) in [6.07, 6.45) is 0.762. The lowest BCUT2D eigenvalue weighted by atomic mass is 9.97. The first-order valence-corrected chi connectivity index (χ1v) is 14.7. The molecule has 1 fully saturated rings. The van der Waals surface area contributed by atoms with E-state index in [2.05, 4.69) is 106 Å². The van der Waals surface area contributed by atoms with E-state index in [1.54, 1.807) is 0 Å². The van der Waals surface area contributed by atoms with Gasteiger partial charge in [-0.3, -0.25) is 9.30 Å².